The molecule has 6 rings (SSSR count). The van der Waals surface area contributed by atoms with Gasteiger partial charge < -0.3 is 9.47 Å². The number of benzene rings is 1. The number of fused-ring (bicyclic) bond motifs is 4. The van der Waals surface area contributed by atoms with Gasteiger partial charge in [0.25, 0.3) is 0 Å². The molecule has 31 heavy (non-hydrogen) atoms. The van der Waals surface area contributed by atoms with Crippen LogP contribution in [0.2, 0.25) is 0 Å². The molecule has 3 aliphatic carbocycles. The van der Waals surface area contributed by atoms with E-state index in [0.717, 1.165) is 35.6 Å². The smallest absolute Gasteiger partial charge is 0.216 e. The molecule has 0 N–H and O–H groups in total. The maximum Gasteiger partial charge on any atom is 0.216 e. The molecule has 3 aliphatic rings. The quantitative estimate of drug-likeness (QED) is 0.552. The summed E-state index contributed by atoms with van der Waals surface area (Å²) in [7, 11) is 1.70. The van der Waals surface area contributed by atoms with Crippen molar-refractivity contribution in [1.29, 1.82) is 0 Å². The normalized spacial score (nSPS) is 24.3. The molecular weight excluding hydrogens is 384 g/mol. The summed E-state index contributed by atoms with van der Waals surface area (Å²) in [6, 6.07) is 13.1. The lowest BCUT2D eigenvalue weighted by Gasteiger charge is -2.19. The Morgan fingerprint density at radius 3 is 2.84 bits per heavy atom. The molecule has 3 atom stereocenters. The minimum Gasteiger partial charge on any atom is -0.481 e. The van der Waals surface area contributed by atoms with E-state index < -0.39 is 0 Å². The molecule has 0 radical (unpaired) electrons. The van der Waals surface area contributed by atoms with Crippen LogP contribution in [0.5, 0.6) is 11.8 Å². The number of pyridine rings is 2. The van der Waals surface area contributed by atoms with Gasteiger partial charge in [-0.3, -0.25) is 0 Å². The van der Waals surface area contributed by atoms with Gasteiger partial charge in [-0.15, -0.1) is 0 Å². The van der Waals surface area contributed by atoms with Crippen LogP contribution in [0.1, 0.15) is 71.9 Å². The van der Waals surface area contributed by atoms with Gasteiger partial charge in [0.1, 0.15) is 6.61 Å². The summed E-state index contributed by atoms with van der Waals surface area (Å²) in [4.78, 5) is 9.02. The third-order valence-corrected chi connectivity index (χ3v) is 7.49. The summed E-state index contributed by atoms with van der Waals surface area (Å²) in [6.07, 6.45) is 7.42. The Kier molecular flexibility index (Phi) is 4.14. The number of aromatic nitrogens is 2. The second-order valence-electron chi connectivity index (χ2n) is 9.98. The van der Waals surface area contributed by atoms with E-state index >= 15 is 0 Å². The Labute approximate surface area is 183 Å². The maximum absolute atomic E-state index is 6.12. The van der Waals surface area contributed by atoms with Crippen molar-refractivity contribution in [2.24, 2.45) is 5.92 Å². The van der Waals surface area contributed by atoms with Crippen molar-refractivity contribution in [3.63, 3.8) is 0 Å². The Morgan fingerprint density at radius 2 is 1.97 bits per heavy atom. The number of rotatable bonds is 5. The Balaban J connectivity index is 1.27. The van der Waals surface area contributed by atoms with Crippen molar-refractivity contribution in [3.8, 4) is 11.8 Å². The van der Waals surface area contributed by atoms with Gasteiger partial charge in [-0.1, -0.05) is 38.1 Å². The van der Waals surface area contributed by atoms with E-state index in [4.69, 9.17) is 9.47 Å². The summed E-state index contributed by atoms with van der Waals surface area (Å²) in [5.41, 5.74) is 8.10. The first-order valence-electron chi connectivity index (χ1n) is 11.3. The van der Waals surface area contributed by atoms with Crippen LogP contribution in [-0.2, 0) is 18.4 Å². The van der Waals surface area contributed by atoms with Crippen LogP contribution < -0.4 is 9.47 Å². The van der Waals surface area contributed by atoms with E-state index in [-0.39, 0.29) is 11.3 Å². The van der Waals surface area contributed by atoms with E-state index in [1.165, 1.54) is 40.7 Å². The highest BCUT2D eigenvalue weighted by Gasteiger charge is 2.45. The number of ether oxygens (including phenoxy) is 2. The molecule has 4 heteroatoms. The predicted molar refractivity (Wildman–Crippen MR) is 120 cm³/mol. The van der Waals surface area contributed by atoms with Gasteiger partial charge in [0.2, 0.25) is 11.8 Å². The average molecular weight is 413 g/mol. The first-order valence-corrected chi connectivity index (χ1v) is 11.3. The van der Waals surface area contributed by atoms with Gasteiger partial charge in [0.05, 0.1) is 7.11 Å². The Morgan fingerprint density at radius 1 is 1.06 bits per heavy atom. The fourth-order valence-corrected chi connectivity index (χ4v) is 5.82. The fraction of sp³-hybridized carbons (Fsp3) is 0.407. The zero-order chi connectivity index (χ0) is 21.2. The standard InChI is InChI=1S/C27H28N2O2/c1-27(2)13-22(19-5-4-8-28-26(19)30-3)21-9-16(6-7-24(21)27)15-31-25-12-18-10-17-11-20(17)23(18)14-29-25/h4-9,12,14,17,20,22H,10-11,13,15H2,1-3H3. The summed E-state index contributed by atoms with van der Waals surface area (Å²) >= 11 is 0. The minimum absolute atomic E-state index is 0.114. The largest absolute Gasteiger partial charge is 0.481 e. The van der Waals surface area contributed by atoms with Crippen LogP contribution in [0.15, 0.2) is 48.8 Å². The van der Waals surface area contributed by atoms with E-state index in [2.05, 4.69) is 54.1 Å². The molecular formula is C27H28N2O2. The molecule has 0 spiro atoms. The van der Waals surface area contributed by atoms with Crippen LogP contribution >= 0.6 is 0 Å². The molecule has 4 nitrogen and oxygen atoms in total. The molecule has 158 valence electrons. The van der Waals surface area contributed by atoms with Crippen LogP contribution in [0.3, 0.4) is 0 Å². The van der Waals surface area contributed by atoms with Crippen molar-refractivity contribution in [1.82, 2.24) is 9.97 Å². The second kappa shape index (κ2) is 6.81. The van der Waals surface area contributed by atoms with Gasteiger partial charge in [-0.2, -0.15) is 0 Å². The first kappa shape index (κ1) is 18.9. The van der Waals surface area contributed by atoms with Gasteiger partial charge in [0, 0.05) is 29.9 Å². The zero-order valence-corrected chi connectivity index (χ0v) is 18.4. The lowest BCUT2D eigenvalue weighted by molar-refractivity contribution is 0.293. The lowest BCUT2D eigenvalue weighted by Crippen LogP contribution is -2.12. The third-order valence-electron chi connectivity index (χ3n) is 7.49. The molecule has 3 unspecified atom stereocenters. The predicted octanol–water partition coefficient (Wildman–Crippen LogP) is 5.54. The van der Waals surface area contributed by atoms with Crippen LogP contribution in [-0.4, -0.2) is 17.1 Å². The first-order chi connectivity index (χ1) is 15.0. The van der Waals surface area contributed by atoms with Crippen molar-refractivity contribution < 1.29 is 9.47 Å². The maximum atomic E-state index is 6.12. The van der Waals surface area contributed by atoms with Gasteiger partial charge in [-0.05, 0) is 70.4 Å². The second-order valence-corrected chi connectivity index (χ2v) is 9.98. The number of hydrogen-bond acceptors (Lipinski definition) is 4. The number of methoxy groups -OCH3 is 1. The average Bonchev–Trinajstić information content (AvgIpc) is 3.38. The SMILES string of the molecule is COc1ncccc1C1CC(C)(C)c2ccc(COc3cc4c(cn3)C3CC3C4)cc21. The monoisotopic (exact) mass is 412 g/mol. The molecule has 0 bridgehead atoms. The summed E-state index contributed by atoms with van der Waals surface area (Å²) in [5.74, 6) is 3.38. The fourth-order valence-electron chi connectivity index (χ4n) is 5.82. The highest BCUT2D eigenvalue weighted by Crippen LogP contribution is 2.56. The van der Waals surface area contributed by atoms with Gasteiger partial charge in [0.15, 0.2) is 0 Å². The van der Waals surface area contributed by atoms with Crippen molar-refractivity contribution in [2.45, 2.75) is 57.0 Å². The van der Waals surface area contributed by atoms with Gasteiger partial charge in [-0.25, -0.2) is 9.97 Å². The number of hydrogen-bond donors (Lipinski definition) is 0. The van der Waals surface area contributed by atoms with Crippen molar-refractivity contribution >= 4 is 0 Å². The van der Waals surface area contributed by atoms with Crippen LogP contribution in [0.25, 0.3) is 0 Å². The molecule has 1 aromatic carbocycles. The Bertz CT molecular complexity index is 1170. The molecule has 1 saturated carbocycles. The van der Waals surface area contributed by atoms with Crippen LogP contribution in [0.4, 0.5) is 0 Å². The van der Waals surface area contributed by atoms with E-state index in [9.17, 15) is 0 Å². The molecule has 3 aromatic rings. The minimum atomic E-state index is 0.114. The van der Waals surface area contributed by atoms with E-state index in [0.29, 0.717) is 6.61 Å². The number of nitrogens with zero attached hydrogens (tertiary/aromatic N) is 2. The topological polar surface area (TPSA) is 44.2 Å². The Hall–Kier alpha value is -2.88. The van der Waals surface area contributed by atoms with Gasteiger partial charge >= 0.3 is 0 Å². The third kappa shape index (κ3) is 3.12. The van der Waals surface area contributed by atoms with E-state index in [1.807, 2.05) is 12.3 Å². The lowest BCUT2D eigenvalue weighted by atomic mass is 9.85. The molecule has 1 fully saturated rings. The molecule has 2 aromatic heterocycles. The van der Waals surface area contributed by atoms with E-state index in [1.54, 1.807) is 13.3 Å². The molecule has 0 amide bonds. The summed E-state index contributed by atoms with van der Waals surface area (Å²) < 4.78 is 11.7. The highest BCUT2D eigenvalue weighted by molar-refractivity contribution is 5.50. The molecule has 0 aliphatic heterocycles. The molecule has 0 saturated heterocycles. The molecule has 2 heterocycles. The highest BCUT2D eigenvalue weighted by atomic mass is 16.5. The summed E-state index contributed by atoms with van der Waals surface area (Å²) in [6.45, 7) is 5.18. The van der Waals surface area contributed by atoms with Crippen molar-refractivity contribution in [3.05, 3.63) is 82.2 Å². The van der Waals surface area contributed by atoms with Crippen LogP contribution in [0, 0.1) is 5.92 Å². The van der Waals surface area contributed by atoms with Crippen molar-refractivity contribution in [2.75, 3.05) is 7.11 Å². The zero-order valence-electron chi connectivity index (χ0n) is 18.4. The summed E-state index contributed by atoms with van der Waals surface area (Å²) in [5, 5.41) is 0.